The predicted molar refractivity (Wildman–Crippen MR) is 57.0 cm³/mol. The van der Waals surface area contributed by atoms with Crippen LogP contribution >= 0.6 is 11.6 Å². The molecule has 0 aliphatic rings. The Hall–Kier alpha value is -0.240. The summed E-state index contributed by atoms with van der Waals surface area (Å²) in [6.45, 7) is 7.64. The van der Waals surface area contributed by atoms with E-state index < -0.39 is 0 Å². The van der Waals surface area contributed by atoms with Gasteiger partial charge in [0, 0.05) is 25.4 Å². The van der Waals surface area contributed by atoms with Crippen molar-refractivity contribution in [1.82, 2.24) is 4.90 Å². The van der Waals surface area contributed by atoms with Crippen molar-refractivity contribution in [3.8, 4) is 0 Å². The van der Waals surface area contributed by atoms with Gasteiger partial charge in [0.25, 0.3) is 0 Å². The monoisotopic (exact) mass is 205 g/mol. The Kier molecular flexibility index (Phi) is 7.06. The maximum absolute atomic E-state index is 11.6. The summed E-state index contributed by atoms with van der Waals surface area (Å²) >= 11 is 5.60. The Bertz CT molecular complexity index is 150. The first-order chi connectivity index (χ1) is 6.15. The summed E-state index contributed by atoms with van der Waals surface area (Å²) in [5, 5.41) is 0. The Morgan fingerprint density at radius 1 is 1.46 bits per heavy atom. The van der Waals surface area contributed by atoms with Crippen LogP contribution in [0.3, 0.4) is 0 Å². The van der Waals surface area contributed by atoms with Gasteiger partial charge in [0.2, 0.25) is 5.91 Å². The first-order valence-electron chi connectivity index (χ1n) is 4.99. The summed E-state index contributed by atoms with van der Waals surface area (Å²) in [7, 11) is 0. The first kappa shape index (κ1) is 12.8. The van der Waals surface area contributed by atoms with E-state index in [1.165, 1.54) is 0 Å². The highest BCUT2D eigenvalue weighted by molar-refractivity contribution is 6.18. The molecule has 0 aliphatic heterocycles. The molecule has 0 spiro atoms. The van der Waals surface area contributed by atoms with Crippen molar-refractivity contribution in [3.63, 3.8) is 0 Å². The zero-order chi connectivity index (χ0) is 10.3. The van der Waals surface area contributed by atoms with Crippen molar-refractivity contribution >= 4 is 17.5 Å². The van der Waals surface area contributed by atoms with Crippen molar-refractivity contribution in [2.24, 2.45) is 5.92 Å². The Morgan fingerprint density at radius 2 is 2.08 bits per heavy atom. The number of hydrogen-bond donors (Lipinski definition) is 0. The lowest BCUT2D eigenvalue weighted by atomic mass is 10.0. The van der Waals surface area contributed by atoms with Crippen LogP contribution in [0, 0.1) is 5.92 Å². The molecule has 0 fully saturated rings. The van der Waals surface area contributed by atoms with Gasteiger partial charge in [-0.05, 0) is 12.8 Å². The van der Waals surface area contributed by atoms with Crippen LogP contribution in [0.5, 0.6) is 0 Å². The van der Waals surface area contributed by atoms with E-state index in [1.54, 1.807) is 0 Å². The molecule has 0 saturated heterocycles. The van der Waals surface area contributed by atoms with E-state index in [4.69, 9.17) is 11.6 Å². The molecule has 0 radical (unpaired) electrons. The minimum absolute atomic E-state index is 0.234. The fourth-order valence-electron chi connectivity index (χ4n) is 1.13. The second kappa shape index (κ2) is 7.19. The van der Waals surface area contributed by atoms with Gasteiger partial charge >= 0.3 is 0 Å². The molecular formula is C10H20ClNO. The minimum atomic E-state index is 0.234. The summed E-state index contributed by atoms with van der Waals surface area (Å²) in [5.41, 5.74) is 0. The van der Waals surface area contributed by atoms with E-state index in [1.807, 2.05) is 11.8 Å². The molecule has 1 amide bonds. The number of hydrogen-bond acceptors (Lipinski definition) is 1. The number of rotatable bonds is 6. The van der Waals surface area contributed by atoms with Crippen LogP contribution < -0.4 is 0 Å². The molecule has 0 bridgehead atoms. The molecule has 1 atom stereocenters. The lowest BCUT2D eigenvalue weighted by Gasteiger charge is -2.21. The second-order valence-electron chi connectivity index (χ2n) is 3.38. The molecule has 0 saturated carbocycles. The summed E-state index contributed by atoms with van der Waals surface area (Å²) in [5.74, 6) is 1.24. The molecule has 0 aromatic rings. The Labute approximate surface area is 86.2 Å². The number of amides is 1. The molecule has 13 heavy (non-hydrogen) atoms. The number of halogens is 1. The SMILES string of the molecule is CCC(C)CC(=O)N(CC)CCCl. The summed E-state index contributed by atoms with van der Waals surface area (Å²) < 4.78 is 0. The Balaban J connectivity index is 3.90. The van der Waals surface area contributed by atoms with Crippen LogP contribution in [0.4, 0.5) is 0 Å². The average molecular weight is 206 g/mol. The van der Waals surface area contributed by atoms with Gasteiger partial charge in [0.05, 0.1) is 0 Å². The maximum atomic E-state index is 11.6. The van der Waals surface area contributed by atoms with E-state index in [-0.39, 0.29) is 5.91 Å². The lowest BCUT2D eigenvalue weighted by molar-refractivity contribution is -0.131. The van der Waals surface area contributed by atoms with Crippen LogP contribution in [-0.2, 0) is 4.79 Å². The maximum Gasteiger partial charge on any atom is 0.222 e. The number of carbonyl (C=O) groups is 1. The molecule has 3 heteroatoms. The fraction of sp³-hybridized carbons (Fsp3) is 0.900. The molecule has 0 N–H and O–H groups in total. The van der Waals surface area contributed by atoms with Gasteiger partial charge in [-0.2, -0.15) is 0 Å². The van der Waals surface area contributed by atoms with Gasteiger partial charge in [-0.3, -0.25) is 4.79 Å². The van der Waals surface area contributed by atoms with E-state index >= 15 is 0 Å². The Morgan fingerprint density at radius 3 is 2.46 bits per heavy atom. The minimum Gasteiger partial charge on any atom is -0.342 e. The van der Waals surface area contributed by atoms with Crippen molar-refractivity contribution in [2.45, 2.75) is 33.6 Å². The van der Waals surface area contributed by atoms with E-state index in [0.717, 1.165) is 13.0 Å². The zero-order valence-corrected chi connectivity index (χ0v) is 9.60. The van der Waals surface area contributed by atoms with Crippen LogP contribution in [0.15, 0.2) is 0 Å². The predicted octanol–water partition coefficient (Wildman–Crippen LogP) is 2.51. The van der Waals surface area contributed by atoms with Crippen molar-refractivity contribution in [2.75, 3.05) is 19.0 Å². The van der Waals surface area contributed by atoms with Gasteiger partial charge in [-0.1, -0.05) is 20.3 Å². The quantitative estimate of drug-likeness (QED) is 0.611. The molecule has 0 heterocycles. The van der Waals surface area contributed by atoms with E-state index in [2.05, 4.69) is 13.8 Å². The van der Waals surface area contributed by atoms with Gasteiger partial charge in [-0.25, -0.2) is 0 Å². The lowest BCUT2D eigenvalue weighted by Crippen LogP contribution is -2.33. The molecule has 78 valence electrons. The smallest absolute Gasteiger partial charge is 0.222 e. The summed E-state index contributed by atoms with van der Waals surface area (Å²) in [6, 6.07) is 0. The third-order valence-electron chi connectivity index (χ3n) is 2.31. The summed E-state index contributed by atoms with van der Waals surface area (Å²) in [4.78, 5) is 13.4. The third-order valence-corrected chi connectivity index (χ3v) is 2.48. The van der Waals surface area contributed by atoms with Crippen LogP contribution in [-0.4, -0.2) is 29.8 Å². The van der Waals surface area contributed by atoms with Crippen molar-refractivity contribution in [1.29, 1.82) is 0 Å². The van der Waals surface area contributed by atoms with Crippen molar-refractivity contribution < 1.29 is 4.79 Å². The highest BCUT2D eigenvalue weighted by Gasteiger charge is 2.13. The van der Waals surface area contributed by atoms with Gasteiger partial charge < -0.3 is 4.90 Å². The standard InChI is InChI=1S/C10H20ClNO/c1-4-9(3)8-10(13)12(5-2)7-6-11/h9H,4-8H2,1-3H3. The number of nitrogens with zero attached hydrogens (tertiary/aromatic N) is 1. The topological polar surface area (TPSA) is 20.3 Å². The molecule has 1 unspecified atom stereocenters. The largest absolute Gasteiger partial charge is 0.342 e. The molecule has 0 aliphatic carbocycles. The van der Waals surface area contributed by atoms with Crippen LogP contribution in [0.2, 0.25) is 0 Å². The third kappa shape index (κ3) is 5.14. The number of alkyl halides is 1. The number of carbonyl (C=O) groups excluding carboxylic acids is 1. The molecule has 0 aromatic heterocycles. The molecular weight excluding hydrogens is 186 g/mol. The van der Waals surface area contributed by atoms with Crippen LogP contribution in [0.1, 0.15) is 33.6 Å². The van der Waals surface area contributed by atoms with Gasteiger partial charge in [0.1, 0.15) is 0 Å². The van der Waals surface area contributed by atoms with Crippen LogP contribution in [0.25, 0.3) is 0 Å². The highest BCUT2D eigenvalue weighted by Crippen LogP contribution is 2.08. The van der Waals surface area contributed by atoms with E-state index in [0.29, 0.717) is 24.8 Å². The average Bonchev–Trinajstić information content (AvgIpc) is 2.13. The molecule has 0 rings (SSSR count). The zero-order valence-electron chi connectivity index (χ0n) is 8.85. The second-order valence-corrected chi connectivity index (χ2v) is 3.76. The van der Waals surface area contributed by atoms with Gasteiger partial charge in [0.15, 0.2) is 0 Å². The highest BCUT2D eigenvalue weighted by atomic mass is 35.5. The van der Waals surface area contributed by atoms with Gasteiger partial charge in [-0.15, -0.1) is 11.6 Å². The normalized spacial score (nSPS) is 12.6. The first-order valence-corrected chi connectivity index (χ1v) is 5.52. The molecule has 0 aromatic carbocycles. The molecule has 2 nitrogen and oxygen atoms in total. The fourth-order valence-corrected chi connectivity index (χ4v) is 1.34. The van der Waals surface area contributed by atoms with Crippen molar-refractivity contribution in [3.05, 3.63) is 0 Å². The summed E-state index contributed by atoms with van der Waals surface area (Å²) in [6.07, 6.45) is 1.71. The van der Waals surface area contributed by atoms with E-state index in [9.17, 15) is 4.79 Å².